The van der Waals surface area contributed by atoms with E-state index in [0.717, 1.165) is 45.3 Å². The maximum atomic E-state index is 12.9. The summed E-state index contributed by atoms with van der Waals surface area (Å²) in [5, 5.41) is 6.36. The number of urea groups is 1. The molecule has 0 unspecified atom stereocenters. The van der Waals surface area contributed by atoms with Crippen LogP contribution in [0.25, 0.3) is 0 Å². The highest BCUT2D eigenvalue weighted by Gasteiger charge is 2.27. The van der Waals surface area contributed by atoms with Crippen LogP contribution in [-0.4, -0.2) is 80.2 Å². The number of nitrogens with zero attached hydrogens (tertiary/aromatic N) is 2. The molecule has 4 N–H and O–H groups in total. The number of carbonyl (C=O) groups is 3. The van der Waals surface area contributed by atoms with Crippen molar-refractivity contribution in [1.82, 2.24) is 15.1 Å². The Balaban J connectivity index is 1.17. The van der Waals surface area contributed by atoms with Crippen molar-refractivity contribution in [3.05, 3.63) is 52.5 Å². The third kappa shape index (κ3) is 7.57. The Hall–Kier alpha value is -3.50. The number of hydrogen-bond acceptors (Lipinski definition) is 7. The van der Waals surface area contributed by atoms with Gasteiger partial charge < -0.3 is 35.6 Å². The standard InChI is InChI=1S/C29H38ClN5O5/c1-3-40-28(37)20-4-6-21(7-5-20)33-29(38)35-14-8-19(9-15-35)18-34-12-10-22(11-13-34)32-27(36)23-16-24(30)25(31)17-26(23)39-2/h4-7,16-17,19,22H,3,8-15,18,31H2,1-2H3,(H,32,36)(H,33,38). The zero-order valence-electron chi connectivity index (χ0n) is 23.1. The first-order valence-corrected chi connectivity index (χ1v) is 14.1. The number of hydrogen-bond donors (Lipinski definition) is 3. The van der Waals surface area contributed by atoms with Gasteiger partial charge in [-0.1, -0.05) is 11.6 Å². The number of piperidine rings is 2. The first kappa shape index (κ1) is 29.5. The third-order valence-corrected chi connectivity index (χ3v) is 7.88. The topological polar surface area (TPSA) is 126 Å². The minimum absolute atomic E-state index is 0.0849. The highest BCUT2D eigenvalue weighted by Crippen LogP contribution is 2.29. The molecule has 2 fully saturated rings. The van der Waals surface area contributed by atoms with Gasteiger partial charge in [0.05, 0.1) is 35.6 Å². The number of carbonyl (C=O) groups excluding carboxylic acids is 3. The van der Waals surface area contributed by atoms with Gasteiger partial charge in [-0.3, -0.25) is 4.79 Å². The van der Waals surface area contributed by atoms with Gasteiger partial charge in [-0.2, -0.15) is 0 Å². The summed E-state index contributed by atoms with van der Waals surface area (Å²) in [6.45, 7) is 6.30. The maximum Gasteiger partial charge on any atom is 0.338 e. The minimum Gasteiger partial charge on any atom is -0.496 e. The van der Waals surface area contributed by atoms with Gasteiger partial charge in [0.2, 0.25) is 0 Å². The van der Waals surface area contributed by atoms with E-state index in [9.17, 15) is 14.4 Å². The molecule has 216 valence electrons. The molecule has 2 aromatic carbocycles. The van der Waals surface area contributed by atoms with Crippen LogP contribution in [0.1, 0.15) is 53.3 Å². The van der Waals surface area contributed by atoms with Crippen molar-refractivity contribution in [2.45, 2.75) is 38.6 Å². The van der Waals surface area contributed by atoms with E-state index >= 15 is 0 Å². The van der Waals surface area contributed by atoms with Gasteiger partial charge in [-0.05, 0) is 68.9 Å². The zero-order valence-corrected chi connectivity index (χ0v) is 23.8. The molecular weight excluding hydrogens is 534 g/mol. The van der Waals surface area contributed by atoms with Crippen LogP contribution in [0.4, 0.5) is 16.2 Å². The molecule has 0 spiro atoms. The zero-order chi connectivity index (χ0) is 28.6. The Labute approximate surface area is 240 Å². The third-order valence-electron chi connectivity index (χ3n) is 7.55. The van der Waals surface area contributed by atoms with E-state index in [1.165, 1.54) is 7.11 Å². The summed E-state index contributed by atoms with van der Waals surface area (Å²) in [6, 6.07) is 9.81. The lowest BCUT2D eigenvalue weighted by Crippen LogP contribution is -2.47. The maximum absolute atomic E-state index is 12.9. The van der Waals surface area contributed by atoms with E-state index in [1.807, 2.05) is 4.90 Å². The SMILES string of the molecule is CCOC(=O)c1ccc(NC(=O)N2CCC(CN3CCC(NC(=O)c4cc(Cl)c(N)cc4OC)CC3)CC2)cc1. The van der Waals surface area contributed by atoms with Gasteiger partial charge >= 0.3 is 12.0 Å². The normalized spacial score (nSPS) is 16.8. The number of anilines is 2. The Morgan fingerprint density at radius 3 is 2.33 bits per heavy atom. The van der Waals surface area contributed by atoms with Crippen LogP contribution in [0.5, 0.6) is 5.75 Å². The fourth-order valence-corrected chi connectivity index (χ4v) is 5.39. The van der Waals surface area contributed by atoms with Crippen LogP contribution < -0.4 is 21.1 Å². The molecule has 0 atom stereocenters. The van der Waals surface area contributed by atoms with Gasteiger partial charge in [0.15, 0.2) is 0 Å². The van der Waals surface area contributed by atoms with Gasteiger partial charge in [0.1, 0.15) is 5.75 Å². The molecular formula is C29H38ClN5O5. The van der Waals surface area contributed by atoms with E-state index in [0.29, 0.717) is 58.9 Å². The number of benzene rings is 2. The highest BCUT2D eigenvalue weighted by molar-refractivity contribution is 6.33. The average molecular weight is 572 g/mol. The molecule has 2 heterocycles. The number of amides is 3. The molecule has 40 heavy (non-hydrogen) atoms. The van der Waals surface area contributed by atoms with Gasteiger partial charge in [0, 0.05) is 50.5 Å². The second-order valence-corrected chi connectivity index (χ2v) is 10.7. The summed E-state index contributed by atoms with van der Waals surface area (Å²) in [7, 11) is 1.50. The molecule has 4 rings (SSSR count). The summed E-state index contributed by atoms with van der Waals surface area (Å²) in [5.74, 6) is 0.349. The highest BCUT2D eigenvalue weighted by atomic mass is 35.5. The van der Waals surface area contributed by atoms with E-state index < -0.39 is 0 Å². The number of nitrogens with two attached hydrogens (primary N) is 1. The van der Waals surface area contributed by atoms with Crippen molar-refractivity contribution >= 4 is 40.9 Å². The molecule has 3 amide bonds. The predicted octanol–water partition coefficient (Wildman–Crippen LogP) is 4.25. The molecule has 0 bridgehead atoms. The lowest BCUT2D eigenvalue weighted by molar-refractivity contribution is 0.0526. The number of halogens is 1. The molecule has 10 nitrogen and oxygen atoms in total. The monoisotopic (exact) mass is 571 g/mol. The van der Waals surface area contributed by atoms with Crippen LogP contribution in [-0.2, 0) is 4.74 Å². The molecule has 2 aliphatic heterocycles. The summed E-state index contributed by atoms with van der Waals surface area (Å²) in [4.78, 5) is 41.7. The average Bonchev–Trinajstić information content (AvgIpc) is 2.96. The first-order valence-electron chi connectivity index (χ1n) is 13.8. The van der Waals surface area contributed by atoms with E-state index in [1.54, 1.807) is 43.3 Å². The Morgan fingerprint density at radius 2 is 1.70 bits per heavy atom. The molecule has 2 aromatic rings. The van der Waals surface area contributed by atoms with E-state index in [-0.39, 0.29) is 23.9 Å². The molecule has 0 radical (unpaired) electrons. The largest absolute Gasteiger partial charge is 0.496 e. The quantitative estimate of drug-likeness (QED) is 0.319. The summed E-state index contributed by atoms with van der Waals surface area (Å²) in [6.07, 6.45) is 3.63. The van der Waals surface area contributed by atoms with E-state index in [4.69, 9.17) is 26.8 Å². The lowest BCUT2D eigenvalue weighted by Gasteiger charge is -2.37. The number of nitrogen functional groups attached to an aromatic ring is 1. The van der Waals surface area contributed by atoms with Gasteiger partial charge in [0.25, 0.3) is 5.91 Å². The summed E-state index contributed by atoms with van der Waals surface area (Å²) >= 11 is 6.12. The molecule has 0 aromatic heterocycles. The van der Waals surface area contributed by atoms with Crippen molar-refractivity contribution in [2.75, 3.05) is 57.5 Å². The van der Waals surface area contributed by atoms with Crippen molar-refractivity contribution in [3.8, 4) is 5.75 Å². The van der Waals surface area contributed by atoms with Crippen molar-refractivity contribution in [2.24, 2.45) is 5.92 Å². The fourth-order valence-electron chi connectivity index (χ4n) is 5.23. The second kappa shape index (κ2) is 13.7. The molecule has 0 saturated carbocycles. The summed E-state index contributed by atoms with van der Waals surface area (Å²) in [5.41, 5.74) is 7.69. The number of nitrogens with one attached hydrogen (secondary N) is 2. The minimum atomic E-state index is -0.374. The predicted molar refractivity (Wildman–Crippen MR) is 155 cm³/mol. The van der Waals surface area contributed by atoms with Crippen molar-refractivity contribution < 1.29 is 23.9 Å². The molecule has 2 saturated heterocycles. The Morgan fingerprint density at radius 1 is 1.02 bits per heavy atom. The van der Waals surface area contributed by atoms with Gasteiger partial charge in [-0.25, -0.2) is 9.59 Å². The Bertz CT molecular complexity index is 1190. The van der Waals surface area contributed by atoms with Gasteiger partial charge in [-0.15, -0.1) is 0 Å². The number of esters is 1. The molecule has 2 aliphatic rings. The Kier molecular flexibility index (Phi) is 10.1. The van der Waals surface area contributed by atoms with Crippen LogP contribution in [0, 0.1) is 5.92 Å². The second-order valence-electron chi connectivity index (χ2n) is 10.3. The fraction of sp³-hybridized carbons (Fsp3) is 0.483. The van der Waals surface area contributed by atoms with Crippen molar-refractivity contribution in [1.29, 1.82) is 0 Å². The van der Waals surface area contributed by atoms with Crippen LogP contribution >= 0.6 is 11.6 Å². The number of ether oxygens (including phenoxy) is 2. The van der Waals surface area contributed by atoms with E-state index in [2.05, 4.69) is 15.5 Å². The van der Waals surface area contributed by atoms with Crippen LogP contribution in [0.2, 0.25) is 5.02 Å². The van der Waals surface area contributed by atoms with Crippen molar-refractivity contribution in [3.63, 3.8) is 0 Å². The van der Waals surface area contributed by atoms with Crippen LogP contribution in [0.15, 0.2) is 36.4 Å². The lowest BCUT2D eigenvalue weighted by atomic mass is 9.95. The first-order chi connectivity index (χ1) is 19.3. The molecule has 11 heteroatoms. The smallest absolute Gasteiger partial charge is 0.338 e. The molecule has 0 aliphatic carbocycles. The van der Waals surface area contributed by atoms with Crippen LogP contribution in [0.3, 0.4) is 0 Å². The summed E-state index contributed by atoms with van der Waals surface area (Å²) < 4.78 is 10.3. The number of methoxy groups -OCH3 is 1. The number of rotatable bonds is 8. The number of likely N-dealkylation sites (tertiary alicyclic amines) is 2.